The van der Waals surface area contributed by atoms with Crippen LogP contribution in [0, 0.1) is 17.3 Å². The van der Waals surface area contributed by atoms with E-state index in [0.29, 0.717) is 17.6 Å². The van der Waals surface area contributed by atoms with Crippen LogP contribution in [0.3, 0.4) is 0 Å². The Morgan fingerprint density at radius 1 is 1.64 bits per heavy atom. The summed E-state index contributed by atoms with van der Waals surface area (Å²) in [7, 11) is 0. The summed E-state index contributed by atoms with van der Waals surface area (Å²) in [6.45, 7) is 10.3. The minimum atomic E-state index is -0.0890. The van der Waals surface area contributed by atoms with E-state index in [1.165, 1.54) is 6.42 Å². The Morgan fingerprint density at radius 3 is 2.71 bits per heavy atom. The zero-order valence-electron chi connectivity index (χ0n) is 9.68. The highest BCUT2D eigenvalue weighted by Gasteiger charge is 2.42. The lowest BCUT2D eigenvalue weighted by Crippen LogP contribution is -2.40. The molecular weight excluding hydrogens is 172 g/mol. The Morgan fingerprint density at radius 2 is 2.29 bits per heavy atom. The van der Waals surface area contributed by atoms with E-state index in [1.807, 2.05) is 6.08 Å². The molecule has 0 heterocycles. The van der Waals surface area contributed by atoms with Crippen molar-refractivity contribution in [3.8, 4) is 0 Å². The van der Waals surface area contributed by atoms with Gasteiger partial charge in [-0.1, -0.05) is 26.8 Å². The van der Waals surface area contributed by atoms with Crippen molar-refractivity contribution in [2.24, 2.45) is 17.3 Å². The quantitative estimate of drug-likeness (QED) is 0.627. The maximum absolute atomic E-state index is 12.1. The molecule has 0 N–H and O–H groups in total. The topological polar surface area (TPSA) is 17.1 Å². The molecular formula is C13H22O. The lowest BCUT2D eigenvalue weighted by atomic mass is 9.62. The van der Waals surface area contributed by atoms with E-state index in [1.54, 1.807) is 0 Å². The summed E-state index contributed by atoms with van der Waals surface area (Å²) in [5.74, 6) is 1.49. The highest BCUT2D eigenvalue weighted by atomic mass is 16.1. The van der Waals surface area contributed by atoms with E-state index in [9.17, 15) is 4.79 Å². The largest absolute Gasteiger partial charge is 0.299 e. The van der Waals surface area contributed by atoms with Crippen molar-refractivity contribution >= 4 is 5.78 Å². The fourth-order valence-corrected chi connectivity index (χ4v) is 2.59. The van der Waals surface area contributed by atoms with Gasteiger partial charge in [-0.25, -0.2) is 0 Å². The molecule has 80 valence electrons. The third-order valence-corrected chi connectivity index (χ3v) is 3.79. The van der Waals surface area contributed by atoms with E-state index >= 15 is 0 Å². The van der Waals surface area contributed by atoms with Gasteiger partial charge in [0.2, 0.25) is 0 Å². The zero-order valence-corrected chi connectivity index (χ0v) is 9.68. The van der Waals surface area contributed by atoms with Gasteiger partial charge in [-0.2, -0.15) is 0 Å². The van der Waals surface area contributed by atoms with Crippen molar-refractivity contribution in [3.63, 3.8) is 0 Å². The van der Waals surface area contributed by atoms with Gasteiger partial charge in [-0.15, -0.1) is 6.58 Å². The van der Waals surface area contributed by atoms with Crippen LogP contribution < -0.4 is 0 Å². The van der Waals surface area contributed by atoms with Crippen LogP contribution in [0.15, 0.2) is 12.7 Å². The first kappa shape index (κ1) is 11.5. The fourth-order valence-electron chi connectivity index (χ4n) is 2.59. The molecule has 0 amide bonds. The van der Waals surface area contributed by atoms with Gasteiger partial charge >= 0.3 is 0 Å². The van der Waals surface area contributed by atoms with Crippen LogP contribution >= 0.6 is 0 Å². The molecule has 0 aromatic rings. The third kappa shape index (κ3) is 1.92. The molecule has 14 heavy (non-hydrogen) atoms. The summed E-state index contributed by atoms with van der Waals surface area (Å²) in [5.41, 5.74) is -0.0890. The van der Waals surface area contributed by atoms with Crippen LogP contribution in [0.5, 0.6) is 0 Å². The highest BCUT2D eigenvalue weighted by molar-refractivity contribution is 5.86. The molecule has 0 bridgehead atoms. The van der Waals surface area contributed by atoms with Gasteiger partial charge in [0.25, 0.3) is 0 Å². The van der Waals surface area contributed by atoms with Crippen LogP contribution in [0.25, 0.3) is 0 Å². The Hall–Kier alpha value is -0.590. The lowest BCUT2D eigenvalue weighted by molar-refractivity contribution is -0.135. The molecule has 1 nitrogen and oxygen atoms in total. The molecule has 0 aromatic heterocycles. The second-order valence-corrected chi connectivity index (χ2v) is 5.07. The highest BCUT2D eigenvalue weighted by Crippen LogP contribution is 2.44. The van der Waals surface area contributed by atoms with E-state index in [-0.39, 0.29) is 5.41 Å². The van der Waals surface area contributed by atoms with Crippen molar-refractivity contribution in [2.75, 3.05) is 0 Å². The monoisotopic (exact) mass is 194 g/mol. The summed E-state index contributed by atoms with van der Waals surface area (Å²) in [4.78, 5) is 12.1. The average Bonchev–Trinajstić information content (AvgIpc) is 2.10. The van der Waals surface area contributed by atoms with E-state index in [0.717, 1.165) is 19.3 Å². The molecule has 0 aromatic carbocycles. The summed E-state index contributed by atoms with van der Waals surface area (Å²) in [6, 6.07) is 0. The van der Waals surface area contributed by atoms with Gasteiger partial charge in [-0.3, -0.25) is 4.79 Å². The van der Waals surface area contributed by atoms with Crippen LogP contribution in [0.2, 0.25) is 0 Å². The number of Topliss-reactive ketones (excluding diaryl/α,β-unsaturated/α-hetero) is 1. The van der Waals surface area contributed by atoms with Gasteiger partial charge in [0.15, 0.2) is 0 Å². The number of hydrogen-bond acceptors (Lipinski definition) is 1. The van der Waals surface area contributed by atoms with E-state index in [2.05, 4.69) is 27.4 Å². The van der Waals surface area contributed by atoms with Crippen molar-refractivity contribution < 1.29 is 4.79 Å². The summed E-state index contributed by atoms with van der Waals surface area (Å²) in [5, 5.41) is 0. The first-order chi connectivity index (χ1) is 6.53. The molecule has 1 aliphatic carbocycles. The summed E-state index contributed by atoms with van der Waals surface area (Å²) >= 11 is 0. The van der Waals surface area contributed by atoms with Gasteiger partial charge < -0.3 is 0 Å². The number of rotatable bonds is 3. The second kappa shape index (κ2) is 4.29. The fraction of sp³-hybridized carbons (Fsp3) is 0.769. The molecule has 0 radical (unpaired) electrons. The lowest BCUT2D eigenvalue weighted by Gasteiger charge is -2.40. The molecule has 1 rings (SSSR count). The third-order valence-electron chi connectivity index (χ3n) is 3.79. The Balaban J connectivity index is 2.86. The summed E-state index contributed by atoms with van der Waals surface area (Å²) in [6.07, 6.45) is 5.78. The Bertz CT molecular complexity index is 229. The SMILES string of the molecule is C=CC[C@@]1(C(C)C)CC[C@H](C)CC1=O. The number of carbonyl (C=O) groups is 1. The van der Waals surface area contributed by atoms with Gasteiger partial charge in [0.1, 0.15) is 5.78 Å². The predicted octanol–water partition coefficient (Wildman–Crippen LogP) is 3.59. The van der Waals surface area contributed by atoms with Gasteiger partial charge in [0, 0.05) is 11.8 Å². The minimum absolute atomic E-state index is 0.0890. The Kier molecular flexibility index (Phi) is 3.52. The average molecular weight is 194 g/mol. The standard InChI is InChI=1S/C13H22O/c1-5-7-13(10(2)3)8-6-11(4)9-12(13)14/h5,10-11H,1,6-9H2,2-4H3/t11-,13-/m0/s1. The smallest absolute Gasteiger partial charge is 0.139 e. The van der Waals surface area contributed by atoms with E-state index < -0.39 is 0 Å². The molecule has 1 aliphatic rings. The molecule has 1 saturated carbocycles. The van der Waals surface area contributed by atoms with Crippen molar-refractivity contribution in [1.82, 2.24) is 0 Å². The minimum Gasteiger partial charge on any atom is -0.299 e. The molecule has 1 fully saturated rings. The first-order valence-corrected chi connectivity index (χ1v) is 5.67. The first-order valence-electron chi connectivity index (χ1n) is 5.67. The van der Waals surface area contributed by atoms with Gasteiger partial charge in [-0.05, 0) is 31.1 Å². The van der Waals surface area contributed by atoms with Gasteiger partial charge in [0.05, 0.1) is 0 Å². The van der Waals surface area contributed by atoms with Crippen molar-refractivity contribution in [1.29, 1.82) is 0 Å². The van der Waals surface area contributed by atoms with E-state index in [4.69, 9.17) is 0 Å². The van der Waals surface area contributed by atoms with Crippen LogP contribution in [-0.4, -0.2) is 5.78 Å². The number of allylic oxidation sites excluding steroid dienone is 1. The molecule has 2 atom stereocenters. The molecule has 0 spiro atoms. The molecule has 0 unspecified atom stereocenters. The maximum atomic E-state index is 12.1. The normalized spacial score (nSPS) is 33.4. The zero-order chi connectivity index (χ0) is 10.8. The van der Waals surface area contributed by atoms with Crippen molar-refractivity contribution in [2.45, 2.75) is 46.5 Å². The second-order valence-electron chi connectivity index (χ2n) is 5.07. The predicted molar refractivity (Wildman–Crippen MR) is 60.1 cm³/mol. The number of hydrogen-bond donors (Lipinski definition) is 0. The molecule has 0 saturated heterocycles. The number of ketones is 1. The Labute approximate surface area is 87.6 Å². The molecule has 1 heteroatoms. The molecule has 0 aliphatic heterocycles. The van der Waals surface area contributed by atoms with Crippen LogP contribution in [-0.2, 0) is 4.79 Å². The summed E-state index contributed by atoms with van der Waals surface area (Å²) < 4.78 is 0. The number of carbonyl (C=O) groups excluding carboxylic acids is 1. The maximum Gasteiger partial charge on any atom is 0.139 e. The van der Waals surface area contributed by atoms with Crippen LogP contribution in [0.4, 0.5) is 0 Å². The van der Waals surface area contributed by atoms with Crippen molar-refractivity contribution in [3.05, 3.63) is 12.7 Å². The van der Waals surface area contributed by atoms with Crippen LogP contribution in [0.1, 0.15) is 46.5 Å².